The summed E-state index contributed by atoms with van der Waals surface area (Å²) in [4.78, 5) is 20.6. The molecule has 4 aliphatic rings. The van der Waals surface area contributed by atoms with Gasteiger partial charge >= 0.3 is 0 Å². The average molecular weight is 691 g/mol. The smallest absolute Gasteiger partial charge is 0.262 e. The zero-order valence-corrected chi connectivity index (χ0v) is 29.9. The number of halogens is 1. The minimum absolute atomic E-state index is 0.0475. The van der Waals surface area contributed by atoms with Crippen LogP contribution < -0.4 is 14.4 Å². The van der Waals surface area contributed by atoms with E-state index in [9.17, 15) is 14.1 Å². The van der Waals surface area contributed by atoms with Crippen molar-refractivity contribution < 1.29 is 18.8 Å². The van der Waals surface area contributed by atoms with Gasteiger partial charge < -0.3 is 19.3 Å². The Morgan fingerprint density at radius 2 is 2.00 bits per heavy atom. The number of benzene rings is 2. The molecule has 2 aliphatic heterocycles. The van der Waals surface area contributed by atoms with Gasteiger partial charge in [-0.25, -0.2) is 9.19 Å². The van der Waals surface area contributed by atoms with Crippen molar-refractivity contribution >= 4 is 38.8 Å². The molecule has 2 aromatic carbocycles. The van der Waals surface area contributed by atoms with Crippen molar-refractivity contribution in [1.82, 2.24) is 14.3 Å². The lowest BCUT2D eigenvalue weighted by molar-refractivity contribution is -0.0547. The van der Waals surface area contributed by atoms with Gasteiger partial charge in [-0.2, -0.15) is 0 Å². The highest BCUT2D eigenvalue weighted by atomic mass is 35.5. The molecule has 3 heterocycles. The molecule has 1 saturated carbocycles. The molecule has 2 N–H and O–H groups in total. The summed E-state index contributed by atoms with van der Waals surface area (Å²) in [7, 11) is -1.04. The number of aryl methyl sites for hydroxylation is 2. The second-order valence-electron chi connectivity index (χ2n) is 14.8. The van der Waals surface area contributed by atoms with Crippen molar-refractivity contribution in [3.63, 3.8) is 0 Å². The Morgan fingerprint density at radius 1 is 1.19 bits per heavy atom. The van der Waals surface area contributed by atoms with Gasteiger partial charge in [0.25, 0.3) is 5.91 Å². The van der Waals surface area contributed by atoms with Crippen molar-refractivity contribution in [3.8, 4) is 5.75 Å². The maximum absolute atomic E-state index is 13.9. The second kappa shape index (κ2) is 12.3. The first kappa shape index (κ1) is 33.2. The number of imidazole rings is 1. The Balaban J connectivity index is 1.36. The molecule has 48 heavy (non-hydrogen) atoms. The van der Waals surface area contributed by atoms with Crippen molar-refractivity contribution in [2.24, 2.45) is 24.8 Å². The van der Waals surface area contributed by atoms with Gasteiger partial charge in [0.05, 0.1) is 33.9 Å². The molecule has 7 atom stereocenters. The zero-order valence-electron chi connectivity index (χ0n) is 28.4. The lowest BCUT2D eigenvalue weighted by Gasteiger charge is -2.49. The monoisotopic (exact) mass is 690 g/mol. The number of aromatic nitrogens is 2. The molecule has 10 heteroatoms. The number of carbonyl (C=O) groups excluding carboxylic acids is 1. The molecule has 1 fully saturated rings. The number of anilines is 1. The number of hydrogen-bond acceptors (Lipinski definition) is 6. The van der Waals surface area contributed by atoms with Crippen LogP contribution in [0.1, 0.15) is 79.0 Å². The summed E-state index contributed by atoms with van der Waals surface area (Å²) >= 11 is 6.47. The number of allylic oxidation sites excluding steroid dienone is 1. The Morgan fingerprint density at radius 3 is 2.73 bits per heavy atom. The molecular formula is C38H47ClN4O4S. The quantitative estimate of drug-likeness (QED) is 0.236. The molecule has 7 rings (SSSR count). The maximum Gasteiger partial charge on any atom is 0.262 e. The average Bonchev–Trinajstić information content (AvgIpc) is 3.29. The SMILES string of the molecule is C=S1(=O)NC(=O)c2ccc3c(c2)N(C[C@@H]2CC[C@H]2[C@](O)(c2cnc(C)n2C)/C=C/C[C@H](C)[C@H]1C)C[C@@]1(CCCc2cc(Cl)ccc21)CO3. The fraction of sp³-hybridized carbons (Fsp3) is 0.500. The van der Waals surface area contributed by atoms with Crippen LogP contribution in [0.25, 0.3) is 0 Å². The van der Waals surface area contributed by atoms with E-state index in [-0.39, 0.29) is 23.2 Å². The van der Waals surface area contributed by atoms with Crippen molar-refractivity contribution in [2.75, 3.05) is 24.6 Å². The van der Waals surface area contributed by atoms with Gasteiger partial charge in [0.15, 0.2) is 0 Å². The normalized spacial score (nSPS) is 34.2. The van der Waals surface area contributed by atoms with Crippen LogP contribution in [-0.2, 0) is 34.2 Å². The highest BCUT2D eigenvalue weighted by Crippen LogP contribution is 2.51. The van der Waals surface area contributed by atoms with Crippen LogP contribution in [0.5, 0.6) is 5.75 Å². The van der Waals surface area contributed by atoms with E-state index in [0.29, 0.717) is 31.7 Å². The minimum atomic E-state index is -3.00. The summed E-state index contributed by atoms with van der Waals surface area (Å²) in [5.41, 5.74) is 3.05. The Bertz CT molecular complexity index is 1890. The molecule has 8 nitrogen and oxygen atoms in total. The predicted molar refractivity (Wildman–Crippen MR) is 193 cm³/mol. The van der Waals surface area contributed by atoms with E-state index in [0.717, 1.165) is 60.1 Å². The Hall–Kier alpha value is -3.27. The molecule has 1 unspecified atom stereocenters. The zero-order chi connectivity index (χ0) is 34.0. The van der Waals surface area contributed by atoms with Crippen molar-refractivity contribution in [1.29, 1.82) is 0 Å². The van der Waals surface area contributed by atoms with E-state index in [1.807, 2.05) is 62.7 Å². The topological polar surface area (TPSA) is 96.7 Å². The lowest BCUT2D eigenvalue weighted by atomic mass is 9.63. The van der Waals surface area contributed by atoms with Crippen molar-refractivity contribution in [3.05, 3.63) is 88.0 Å². The number of carbonyl (C=O) groups is 1. The van der Waals surface area contributed by atoms with Crippen LogP contribution in [-0.4, -0.2) is 55.6 Å². The lowest BCUT2D eigenvalue weighted by Crippen LogP contribution is -2.52. The third-order valence-corrected chi connectivity index (χ3v) is 14.3. The number of nitrogens with zero attached hydrogens (tertiary/aromatic N) is 3. The number of nitrogens with one attached hydrogen (secondary N) is 1. The largest absolute Gasteiger partial charge is 0.490 e. The van der Waals surface area contributed by atoms with Gasteiger partial charge in [0.2, 0.25) is 0 Å². The van der Waals surface area contributed by atoms with E-state index in [2.05, 4.69) is 32.6 Å². The summed E-state index contributed by atoms with van der Waals surface area (Å²) in [6.07, 6.45) is 11.2. The number of hydrogen-bond donors (Lipinski definition) is 2. The van der Waals surface area contributed by atoms with Crippen LogP contribution in [0, 0.1) is 24.7 Å². The molecule has 3 aromatic rings. The second-order valence-corrected chi connectivity index (χ2v) is 17.6. The molecule has 0 radical (unpaired) electrons. The van der Waals surface area contributed by atoms with Gasteiger partial charge in [-0.05, 0) is 112 Å². The van der Waals surface area contributed by atoms with E-state index >= 15 is 0 Å². The summed E-state index contributed by atoms with van der Waals surface area (Å²) in [6, 6.07) is 11.7. The van der Waals surface area contributed by atoms with Gasteiger partial charge in [-0.15, -0.1) is 0 Å². The highest BCUT2D eigenvalue weighted by molar-refractivity contribution is 7.99. The first-order chi connectivity index (χ1) is 22.8. The van der Waals surface area contributed by atoms with Gasteiger partial charge in [-0.3, -0.25) is 9.52 Å². The minimum Gasteiger partial charge on any atom is -0.490 e. The number of rotatable bonds is 1. The van der Waals surface area contributed by atoms with E-state index in [1.54, 1.807) is 12.3 Å². The number of amides is 1. The van der Waals surface area contributed by atoms with Crippen LogP contribution >= 0.6 is 11.6 Å². The van der Waals surface area contributed by atoms with Gasteiger partial charge in [0.1, 0.15) is 17.2 Å². The first-order valence-corrected chi connectivity index (χ1v) is 19.4. The molecule has 0 saturated heterocycles. The van der Waals surface area contributed by atoms with Gasteiger partial charge in [-0.1, -0.05) is 36.7 Å². The number of aliphatic hydroxyl groups is 1. The van der Waals surface area contributed by atoms with E-state index in [4.69, 9.17) is 16.3 Å². The molecule has 1 aromatic heterocycles. The maximum atomic E-state index is 13.9. The van der Waals surface area contributed by atoms with Crippen LogP contribution in [0.3, 0.4) is 0 Å². The molecule has 2 aliphatic carbocycles. The van der Waals surface area contributed by atoms with Crippen LogP contribution in [0.15, 0.2) is 54.7 Å². The molecule has 2 bridgehead atoms. The molecule has 1 amide bonds. The predicted octanol–water partition coefficient (Wildman–Crippen LogP) is 6.11. The molecular weight excluding hydrogens is 644 g/mol. The standard InChI is InChI=1S/C38H47ClN4O4S/c1-24-8-6-17-38(45,35-20-40-26(3)42(35)4)32-13-10-29(32)21-43-22-37(16-7-9-27-18-30(39)12-14-31(27)37)23-47-34-15-11-28(19-33(34)43)36(44)41-48(5,46)25(24)2/h6,11-12,14-15,17-20,24-25,29,32,45H,5,7-10,13,16,21-23H2,1-4H3,(H,41,44,46)/b17-6+/t24-,25+,29-,32+,37-,38-,48?/m0/s1. The van der Waals surface area contributed by atoms with Gasteiger partial charge in [0, 0.05) is 47.3 Å². The third kappa shape index (κ3) is 5.65. The summed E-state index contributed by atoms with van der Waals surface area (Å²) in [5, 5.41) is 13.1. The number of fused-ring (bicyclic) bond motifs is 4. The van der Waals surface area contributed by atoms with Crippen LogP contribution in [0.2, 0.25) is 5.02 Å². The molecule has 256 valence electrons. The Kier molecular flexibility index (Phi) is 8.48. The van der Waals surface area contributed by atoms with E-state index < -0.39 is 26.5 Å². The van der Waals surface area contributed by atoms with Crippen molar-refractivity contribution in [2.45, 2.75) is 75.6 Å². The third-order valence-electron chi connectivity index (χ3n) is 11.9. The summed E-state index contributed by atoms with van der Waals surface area (Å²) in [6.45, 7) is 7.73. The fourth-order valence-corrected chi connectivity index (χ4v) is 10.2. The highest BCUT2D eigenvalue weighted by Gasteiger charge is 2.50. The number of ether oxygens (including phenoxy) is 1. The molecule has 1 spiro atoms. The van der Waals surface area contributed by atoms with Crippen LogP contribution in [0.4, 0.5) is 5.69 Å². The fourth-order valence-electron chi connectivity index (χ4n) is 8.52. The summed E-state index contributed by atoms with van der Waals surface area (Å²) in [5.74, 6) is 5.22. The van der Waals surface area contributed by atoms with E-state index in [1.165, 1.54) is 11.1 Å². The first-order valence-electron chi connectivity index (χ1n) is 17.2. The summed E-state index contributed by atoms with van der Waals surface area (Å²) < 4.78 is 25.3. The Labute approximate surface area is 289 Å².